The number of hydrogen-bond donors (Lipinski definition) is 1. The summed E-state index contributed by atoms with van der Waals surface area (Å²) in [7, 11) is 0. The molecule has 21 heavy (non-hydrogen) atoms. The molecule has 0 unspecified atom stereocenters. The molecule has 0 fully saturated rings. The lowest BCUT2D eigenvalue weighted by Crippen LogP contribution is -2.00. The van der Waals surface area contributed by atoms with Crippen molar-refractivity contribution in [1.82, 2.24) is 4.98 Å². The summed E-state index contributed by atoms with van der Waals surface area (Å²) in [4.78, 5) is 6.02. The van der Waals surface area contributed by atoms with Gasteiger partial charge in [-0.1, -0.05) is 19.1 Å². The van der Waals surface area contributed by atoms with Crippen LogP contribution >= 0.6 is 23.7 Å². The normalized spacial score (nSPS) is 13.6. The smallest absolute Gasteiger partial charge is 0.140 e. The maximum atomic E-state index is 5.82. The molecule has 0 radical (unpaired) electrons. The van der Waals surface area contributed by atoms with Crippen LogP contribution in [0.5, 0.6) is 5.75 Å². The lowest BCUT2D eigenvalue weighted by molar-refractivity contribution is 0.305. The van der Waals surface area contributed by atoms with Crippen molar-refractivity contribution in [2.24, 2.45) is 0 Å². The van der Waals surface area contributed by atoms with E-state index in [1.807, 2.05) is 12.1 Å². The number of rotatable bonds is 4. The van der Waals surface area contributed by atoms with Gasteiger partial charge >= 0.3 is 0 Å². The molecule has 1 aromatic carbocycles. The Hall–Kier alpha value is -1.26. The average Bonchev–Trinajstić information content (AvgIpc) is 2.75. The third-order valence-electron chi connectivity index (χ3n) is 3.56. The Labute approximate surface area is 136 Å². The van der Waals surface area contributed by atoms with Gasteiger partial charge in [-0.05, 0) is 43.4 Å². The monoisotopic (exact) mass is 324 g/mol. The van der Waals surface area contributed by atoms with Gasteiger partial charge in [-0.15, -0.1) is 23.7 Å². The largest absolute Gasteiger partial charge is 0.486 e. The number of hydrogen-bond acceptors (Lipinski definition) is 4. The number of aromatic nitrogens is 1. The summed E-state index contributed by atoms with van der Waals surface area (Å²) in [5.41, 5.74) is 1.34. The van der Waals surface area contributed by atoms with Gasteiger partial charge < -0.3 is 10.1 Å². The first-order valence-corrected chi connectivity index (χ1v) is 8.11. The fourth-order valence-corrected chi connectivity index (χ4v) is 3.35. The molecular weight excluding hydrogens is 304 g/mol. The summed E-state index contributed by atoms with van der Waals surface area (Å²) in [6.07, 6.45) is 4.69. The predicted octanol–water partition coefficient (Wildman–Crippen LogP) is 4.45. The van der Waals surface area contributed by atoms with Crippen molar-refractivity contribution in [3.63, 3.8) is 0 Å². The molecule has 0 amide bonds. The molecule has 0 spiro atoms. The van der Waals surface area contributed by atoms with E-state index in [2.05, 4.69) is 29.4 Å². The molecule has 3 rings (SSSR count). The number of nitrogens with one attached hydrogen (secondary N) is 1. The van der Waals surface area contributed by atoms with Crippen molar-refractivity contribution in [1.29, 1.82) is 0 Å². The van der Waals surface area contributed by atoms with E-state index in [1.54, 1.807) is 11.3 Å². The van der Waals surface area contributed by atoms with Crippen molar-refractivity contribution in [3.8, 4) is 5.75 Å². The van der Waals surface area contributed by atoms with Crippen LogP contribution in [0, 0.1) is 0 Å². The van der Waals surface area contributed by atoms with Crippen LogP contribution in [0.15, 0.2) is 24.3 Å². The lowest BCUT2D eigenvalue weighted by Gasteiger charge is -2.04. The molecule has 2 heterocycles. The second-order valence-corrected chi connectivity index (χ2v) is 6.22. The minimum atomic E-state index is 0. The highest BCUT2D eigenvalue weighted by Crippen LogP contribution is 2.28. The minimum absolute atomic E-state index is 0. The maximum Gasteiger partial charge on any atom is 0.140 e. The number of anilines is 1. The fraction of sp³-hybridized carbons (Fsp3) is 0.438. The van der Waals surface area contributed by atoms with Crippen LogP contribution in [0.1, 0.15) is 35.2 Å². The number of fused-ring (bicyclic) bond motifs is 1. The van der Waals surface area contributed by atoms with Gasteiger partial charge in [0.15, 0.2) is 0 Å². The average molecular weight is 325 g/mol. The first-order chi connectivity index (χ1) is 9.85. The number of benzene rings is 1. The number of halogens is 1. The van der Waals surface area contributed by atoms with Crippen molar-refractivity contribution < 1.29 is 4.74 Å². The zero-order valence-corrected chi connectivity index (χ0v) is 13.9. The Morgan fingerprint density at radius 1 is 1.24 bits per heavy atom. The van der Waals surface area contributed by atoms with Crippen LogP contribution in [-0.2, 0) is 19.4 Å². The Morgan fingerprint density at radius 2 is 2.05 bits per heavy atom. The minimum Gasteiger partial charge on any atom is -0.486 e. The third kappa shape index (κ3) is 4.11. The number of aryl methyl sites for hydroxylation is 2. The molecule has 1 aliphatic rings. The standard InChI is InChI=1S/C16H20N2OS.ClH/c1-2-12-6-8-13(9-7-12)19-11-15-18-16-14(20-15)5-3-4-10-17-16;/h6-9,17H,2-5,10-11H2,1H3;1H. The molecule has 0 aliphatic carbocycles. The van der Waals surface area contributed by atoms with Gasteiger partial charge in [-0.3, -0.25) is 0 Å². The molecule has 5 heteroatoms. The SMILES string of the molecule is CCc1ccc(OCc2nc3c(s2)CCCCN3)cc1.Cl. The molecule has 0 atom stereocenters. The van der Waals surface area contributed by atoms with Crippen LogP contribution in [0.25, 0.3) is 0 Å². The molecule has 0 saturated carbocycles. The Balaban J connectivity index is 0.00000161. The quantitative estimate of drug-likeness (QED) is 0.902. The van der Waals surface area contributed by atoms with E-state index in [0.717, 1.165) is 36.0 Å². The van der Waals surface area contributed by atoms with Gasteiger partial charge in [-0.2, -0.15) is 0 Å². The van der Waals surface area contributed by atoms with Crippen LogP contribution in [0.3, 0.4) is 0 Å². The molecule has 1 N–H and O–H groups in total. The molecule has 3 nitrogen and oxygen atoms in total. The number of nitrogens with zero attached hydrogens (tertiary/aromatic N) is 1. The summed E-state index contributed by atoms with van der Waals surface area (Å²) in [5, 5.41) is 4.46. The van der Waals surface area contributed by atoms with E-state index in [4.69, 9.17) is 4.74 Å². The first-order valence-electron chi connectivity index (χ1n) is 7.29. The second-order valence-electron chi connectivity index (χ2n) is 5.05. The highest BCUT2D eigenvalue weighted by Gasteiger charge is 2.13. The van der Waals surface area contributed by atoms with Gasteiger partial charge in [0, 0.05) is 11.4 Å². The molecule has 114 valence electrons. The number of thiazole rings is 1. The topological polar surface area (TPSA) is 34.1 Å². The van der Waals surface area contributed by atoms with Crippen LogP contribution < -0.4 is 10.1 Å². The molecule has 1 aliphatic heterocycles. The zero-order chi connectivity index (χ0) is 13.8. The van der Waals surface area contributed by atoms with E-state index < -0.39 is 0 Å². The fourth-order valence-electron chi connectivity index (χ4n) is 2.35. The first kappa shape index (κ1) is 16.1. The van der Waals surface area contributed by atoms with E-state index in [9.17, 15) is 0 Å². The van der Waals surface area contributed by atoms with Gasteiger partial charge in [0.1, 0.15) is 23.2 Å². The summed E-state index contributed by atoms with van der Waals surface area (Å²) >= 11 is 1.78. The van der Waals surface area contributed by atoms with Crippen molar-refractivity contribution >= 4 is 29.6 Å². The zero-order valence-electron chi connectivity index (χ0n) is 12.2. The van der Waals surface area contributed by atoms with Crippen molar-refractivity contribution in [2.45, 2.75) is 39.2 Å². The van der Waals surface area contributed by atoms with E-state index in [-0.39, 0.29) is 12.4 Å². The van der Waals surface area contributed by atoms with Gasteiger partial charge in [0.2, 0.25) is 0 Å². The molecular formula is C16H21ClN2OS. The Morgan fingerprint density at radius 3 is 2.81 bits per heavy atom. The van der Waals surface area contributed by atoms with Gasteiger partial charge in [0.05, 0.1) is 0 Å². The highest BCUT2D eigenvalue weighted by molar-refractivity contribution is 7.12. The van der Waals surface area contributed by atoms with Crippen LogP contribution in [-0.4, -0.2) is 11.5 Å². The Bertz CT molecular complexity index is 545. The van der Waals surface area contributed by atoms with E-state index in [1.165, 1.54) is 23.3 Å². The Kier molecular flexibility index (Phi) is 5.88. The molecule has 0 bridgehead atoms. The van der Waals surface area contributed by atoms with E-state index >= 15 is 0 Å². The third-order valence-corrected chi connectivity index (χ3v) is 4.65. The maximum absolute atomic E-state index is 5.82. The van der Waals surface area contributed by atoms with Gasteiger partial charge in [0.25, 0.3) is 0 Å². The lowest BCUT2D eigenvalue weighted by atomic mass is 10.2. The summed E-state index contributed by atoms with van der Waals surface area (Å²) in [6.45, 7) is 3.76. The molecule has 1 aromatic heterocycles. The van der Waals surface area contributed by atoms with Crippen molar-refractivity contribution in [2.75, 3.05) is 11.9 Å². The predicted molar refractivity (Wildman–Crippen MR) is 90.9 cm³/mol. The number of ether oxygens (including phenoxy) is 1. The van der Waals surface area contributed by atoms with Crippen molar-refractivity contribution in [3.05, 3.63) is 39.7 Å². The molecule has 2 aromatic rings. The van der Waals surface area contributed by atoms with E-state index in [0.29, 0.717) is 6.61 Å². The summed E-state index contributed by atoms with van der Waals surface area (Å²) in [6, 6.07) is 8.31. The van der Waals surface area contributed by atoms with Crippen LogP contribution in [0.2, 0.25) is 0 Å². The van der Waals surface area contributed by atoms with Crippen LogP contribution in [0.4, 0.5) is 5.82 Å². The van der Waals surface area contributed by atoms with Gasteiger partial charge in [-0.25, -0.2) is 4.98 Å². The molecule has 0 saturated heterocycles. The summed E-state index contributed by atoms with van der Waals surface area (Å²) in [5.74, 6) is 1.99. The highest BCUT2D eigenvalue weighted by atomic mass is 35.5. The summed E-state index contributed by atoms with van der Waals surface area (Å²) < 4.78 is 5.82. The second kappa shape index (κ2) is 7.66.